The Hall–Kier alpha value is -1.32. The maximum Gasteiger partial charge on any atom is 0.161 e. The van der Waals surface area contributed by atoms with Gasteiger partial charge in [0.1, 0.15) is 13.6 Å². The van der Waals surface area contributed by atoms with Crippen LogP contribution in [0.25, 0.3) is 0 Å². The average Bonchev–Trinajstić information content (AvgIpc) is 2.28. The van der Waals surface area contributed by atoms with Crippen LogP contribution < -0.4 is 0 Å². The molecule has 0 saturated carbocycles. The summed E-state index contributed by atoms with van der Waals surface area (Å²) in [7, 11) is 1.71. The zero-order valence-corrected chi connectivity index (χ0v) is 7.38. The molecule has 0 heterocycles. The Morgan fingerprint density at radius 1 is 1.69 bits per heavy atom. The van der Waals surface area contributed by atoms with Crippen LogP contribution in [-0.2, 0) is 4.79 Å². The summed E-state index contributed by atoms with van der Waals surface area (Å²) in [6.45, 7) is 0. The van der Waals surface area contributed by atoms with Crippen molar-refractivity contribution in [2.24, 2.45) is 0 Å². The number of aliphatic hydroxyl groups excluding tert-OH is 1. The van der Waals surface area contributed by atoms with Crippen LogP contribution in [0.1, 0.15) is 6.42 Å². The van der Waals surface area contributed by atoms with Gasteiger partial charge in [-0.15, -0.1) is 0 Å². The number of carbonyl (C=O) groups excluding carboxylic acids is 1. The summed E-state index contributed by atoms with van der Waals surface area (Å²) in [6, 6.07) is 0. The van der Waals surface area contributed by atoms with Crippen molar-refractivity contribution in [1.82, 2.24) is 0 Å². The van der Waals surface area contributed by atoms with Crippen LogP contribution >= 0.6 is 0 Å². The number of ketones is 1. The van der Waals surface area contributed by atoms with Crippen LogP contribution in [0.2, 0.25) is 6.32 Å². The van der Waals surface area contributed by atoms with E-state index in [1.165, 1.54) is 6.08 Å². The topological polar surface area (TPSA) is 37.3 Å². The highest BCUT2D eigenvalue weighted by atomic mass is 19.1. The fraction of sp³-hybridized carbons (Fsp3) is 0.222. The maximum absolute atomic E-state index is 12.9. The number of hydrogen-bond acceptors (Lipinski definition) is 2. The summed E-state index contributed by atoms with van der Waals surface area (Å²) >= 11 is 0. The fourth-order valence-electron chi connectivity index (χ4n) is 1.04. The van der Waals surface area contributed by atoms with E-state index in [9.17, 15) is 9.18 Å². The molecule has 13 heavy (non-hydrogen) atoms. The van der Waals surface area contributed by atoms with Crippen LogP contribution in [0, 0.1) is 0 Å². The number of aliphatic hydroxyl groups is 1. The maximum atomic E-state index is 12.9. The molecule has 4 heteroatoms. The minimum Gasteiger partial charge on any atom is -0.509 e. The Bertz CT molecular complexity index is 316. The fourth-order valence-corrected chi connectivity index (χ4v) is 1.04. The SMILES string of the molecule is BCC(=O)C1=CC(F)=C(O)CC=C1. The lowest BCUT2D eigenvalue weighted by atomic mass is 9.95. The third-order valence-corrected chi connectivity index (χ3v) is 1.81. The van der Waals surface area contributed by atoms with Gasteiger partial charge >= 0.3 is 0 Å². The molecule has 0 aliphatic heterocycles. The molecule has 0 aromatic heterocycles. The number of allylic oxidation sites excluding steroid dienone is 5. The zero-order chi connectivity index (χ0) is 9.84. The smallest absolute Gasteiger partial charge is 0.161 e. The van der Waals surface area contributed by atoms with Crippen molar-refractivity contribution in [3.8, 4) is 0 Å². The molecule has 0 atom stereocenters. The van der Waals surface area contributed by atoms with Gasteiger partial charge in [-0.2, -0.15) is 0 Å². The molecule has 0 saturated heterocycles. The molecule has 0 unspecified atom stereocenters. The van der Waals surface area contributed by atoms with Gasteiger partial charge in [0.15, 0.2) is 11.6 Å². The summed E-state index contributed by atoms with van der Waals surface area (Å²) in [4.78, 5) is 11.2. The monoisotopic (exact) mass is 180 g/mol. The molecule has 2 nitrogen and oxygen atoms in total. The first kappa shape index (κ1) is 9.77. The zero-order valence-electron chi connectivity index (χ0n) is 7.38. The predicted molar refractivity (Wildman–Crippen MR) is 51.0 cm³/mol. The normalized spacial score (nSPS) is 16.8. The van der Waals surface area contributed by atoms with Gasteiger partial charge in [-0.3, -0.25) is 4.79 Å². The lowest BCUT2D eigenvalue weighted by Crippen LogP contribution is -1.98. The van der Waals surface area contributed by atoms with Gasteiger partial charge in [-0.1, -0.05) is 12.2 Å². The third kappa shape index (κ3) is 2.31. The first-order chi connectivity index (χ1) is 6.15. The van der Waals surface area contributed by atoms with Gasteiger partial charge in [-0.05, 0) is 12.4 Å². The summed E-state index contributed by atoms with van der Waals surface area (Å²) < 4.78 is 12.9. The molecular weight excluding hydrogens is 170 g/mol. The molecule has 0 fully saturated rings. The first-order valence-electron chi connectivity index (χ1n) is 4.14. The molecule has 0 aromatic rings. The van der Waals surface area contributed by atoms with E-state index in [1.807, 2.05) is 0 Å². The van der Waals surface area contributed by atoms with Gasteiger partial charge < -0.3 is 5.11 Å². The lowest BCUT2D eigenvalue weighted by molar-refractivity contribution is -0.113. The minimum atomic E-state index is -0.721. The molecule has 0 spiro atoms. The van der Waals surface area contributed by atoms with Crippen molar-refractivity contribution in [2.45, 2.75) is 12.7 Å². The highest BCUT2D eigenvalue weighted by molar-refractivity contribution is 6.24. The molecule has 0 radical (unpaired) electrons. The molecule has 0 bridgehead atoms. The van der Waals surface area contributed by atoms with Gasteiger partial charge in [0.2, 0.25) is 0 Å². The molecule has 1 N–H and O–H groups in total. The molecule has 0 aromatic carbocycles. The van der Waals surface area contributed by atoms with E-state index >= 15 is 0 Å². The molecule has 0 amide bonds. The number of rotatable bonds is 2. The summed E-state index contributed by atoms with van der Waals surface area (Å²) in [5, 5.41) is 9.03. The van der Waals surface area contributed by atoms with Crippen molar-refractivity contribution < 1.29 is 14.3 Å². The van der Waals surface area contributed by atoms with Crippen molar-refractivity contribution in [3.63, 3.8) is 0 Å². The molecule has 1 rings (SSSR count). The van der Waals surface area contributed by atoms with Crippen LogP contribution in [0.5, 0.6) is 0 Å². The Balaban J connectivity index is 2.99. The molecule has 1 aliphatic rings. The van der Waals surface area contributed by atoms with Gasteiger partial charge in [0.05, 0.1) is 0 Å². The second-order valence-electron chi connectivity index (χ2n) is 2.78. The molecular formula is C9H10BFO2. The van der Waals surface area contributed by atoms with Crippen LogP contribution in [0.4, 0.5) is 4.39 Å². The highest BCUT2D eigenvalue weighted by Crippen LogP contribution is 2.18. The standard InChI is InChI=1S/C9H10BFO2/c10-5-9(13)6-2-1-3-8(12)7(11)4-6/h1-2,4,12H,3,5,10H2. The second kappa shape index (κ2) is 4.07. The molecule has 68 valence electrons. The van der Waals surface area contributed by atoms with Gasteiger partial charge in [0, 0.05) is 12.0 Å². The summed E-state index contributed by atoms with van der Waals surface area (Å²) in [6.07, 6.45) is 4.66. The number of carbonyl (C=O) groups is 1. The predicted octanol–water partition coefficient (Wildman–Crippen LogP) is 1.23. The van der Waals surface area contributed by atoms with E-state index in [1.54, 1.807) is 13.9 Å². The highest BCUT2D eigenvalue weighted by Gasteiger charge is 2.10. The van der Waals surface area contributed by atoms with E-state index < -0.39 is 5.83 Å². The van der Waals surface area contributed by atoms with Crippen LogP contribution in [-0.4, -0.2) is 18.7 Å². The quantitative estimate of drug-likeness (QED) is 0.649. The lowest BCUT2D eigenvalue weighted by Gasteiger charge is -1.95. The number of Topliss-reactive ketones (excluding diaryl/α,β-unsaturated/α-hetero) is 1. The largest absolute Gasteiger partial charge is 0.509 e. The first-order valence-corrected chi connectivity index (χ1v) is 4.14. The molecule has 1 aliphatic carbocycles. The van der Waals surface area contributed by atoms with Crippen molar-refractivity contribution in [1.29, 1.82) is 0 Å². The van der Waals surface area contributed by atoms with E-state index in [0.29, 0.717) is 11.9 Å². The summed E-state index contributed by atoms with van der Waals surface area (Å²) in [5.41, 5.74) is 0.309. The van der Waals surface area contributed by atoms with Crippen LogP contribution in [0.3, 0.4) is 0 Å². The average molecular weight is 180 g/mol. The van der Waals surface area contributed by atoms with E-state index in [4.69, 9.17) is 5.11 Å². The number of halogens is 1. The second-order valence-corrected chi connectivity index (χ2v) is 2.78. The minimum absolute atomic E-state index is 0.124. The Morgan fingerprint density at radius 2 is 2.38 bits per heavy atom. The summed E-state index contributed by atoms with van der Waals surface area (Å²) in [5.74, 6) is -1.17. The van der Waals surface area contributed by atoms with Gasteiger partial charge in [-0.25, -0.2) is 4.39 Å². The number of hydrogen-bond donors (Lipinski definition) is 1. The van der Waals surface area contributed by atoms with E-state index in [2.05, 4.69) is 0 Å². The van der Waals surface area contributed by atoms with E-state index in [-0.39, 0.29) is 18.0 Å². The third-order valence-electron chi connectivity index (χ3n) is 1.81. The van der Waals surface area contributed by atoms with Gasteiger partial charge in [0.25, 0.3) is 0 Å². The van der Waals surface area contributed by atoms with Crippen LogP contribution in [0.15, 0.2) is 35.4 Å². The Labute approximate surface area is 76.9 Å². The van der Waals surface area contributed by atoms with Crippen molar-refractivity contribution in [2.75, 3.05) is 0 Å². The Kier molecular flexibility index (Phi) is 3.06. The van der Waals surface area contributed by atoms with E-state index in [0.717, 1.165) is 6.08 Å². The van der Waals surface area contributed by atoms with Crippen molar-refractivity contribution in [3.05, 3.63) is 35.4 Å². The van der Waals surface area contributed by atoms with Crippen molar-refractivity contribution >= 4 is 13.6 Å². The Morgan fingerprint density at radius 3 is 3.00 bits per heavy atom.